The normalized spacial score (nSPS) is 10.8. The van der Waals surface area contributed by atoms with Crippen molar-refractivity contribution in [2.75, 3.05) is 5.32 Å². The first-order chi connectivity index (χ1) is 9.63. The Balaban J connectivity index is 2.13. The van der Waals surface area contributed by atoms with Crippen LogP contribution in [-0.2, 0) is 0 Å². The minimum atomic E-state index is 0.144. The summed E-state index contributed by atoms with van der Waals surface area (Å²) in [6.45, 7) is 4.06. The second-order valence-corrected chi connectivity index (χ2v) is 4.85. The average molecular weight is 286 g/mol. The molecule has 0 saturated carbocycles. The molecule has 0 radical (unpaired) electrons. The highest BCUT2D eigenvalue weighted by atomic mass is 35.5. The summed E-state index contributed by atoms with van der Waals surface area (Å²) < 4.78 is 0. The van der Waals surface area contributed by atoms with Crippen molar-refractivity contribution in [1.82, 2.24) is 19.9 Å². The Bertz CT molecular complexity index is 788. The van der Waals surface area contributed by atoms with E-state index in [2.05, 4.69) is 31.3 Å². The van der Waals surface area contributed by atoms with Gasteiger partial charge in [0.05, 0.1) is 0 Å². The van der Waals surface area contributed by atoms with Gasteiger partial charge in [-0.2, -0.15) is 9.97 Å². The van der Waals surface area contributed by atoms with Gasteiger partial charge in [-0.1, -0.05) is 12.1 Å². The predicted octanol–water partition coefficient (Wildman–Crippen LogP) is 3.43. The van der Waals surface area contributed by atoms with E-state index in [1.54, 1.807) is 12.4 Å². The molecule has 1 N–H and O–H groups in total. The van der Waals surface area contributed by atoms with Crippen molar-refractivity contribution in [3.05, 3.63) is 47.0 Å². The molecule has 3 rings (SSSR count). The molecule has 2 heterocycles. The van der Waals surface area contributed by atoms with E-state index in [1.807, 2.05) is 26.0 Å². The van der Waals surface area contributed by atoms with Crippen LogP contribution in [0, 0.1) is 13.8 Å². The Morgan fingerprint density at radius 3 is 2.70 bits per heavy atom. The summed E-state index contributed by atoms with van der Waals surface area (Å²) in [5, 5.41) is 3.40. The molecule has 3 aromatic rings. The number of anilines is 2. The lowest BCUT2D eigenvalue weighted by Crippen LogP contribution is -2.01. The van der Waals surface area contributed by atoms with Crippen LogP contribution in [0.2, 0.25) is 5.28 Å². The highest BCUT2D eigenvalue weighted by Gasteiger charge is 2.10. The summed E-state index contributed by atoms with van der Waals surface area (Å²) in [6, 6.07) is 6.16. The third-order valence-electron chi connectivity index (χ3n) is 2.95. The lowest BCUT2D eigenvalue weighted by Gasteiger charge is -2.11. The molecule has 0 atom stereocenters. The number of rotatable bonds is 2. The highest BCUT2D eigenvalue weighted by Crippen LogP contribution is 2.25. The number of benzene rings is 1. The largest absolute Gasteiger partial charge is 0.338 e. The molecular formula is C14H12ClN5. The summed E-state index contributed by atoms with van der Waals surface area (Å²) in [5.74, 6) is 0.557. The molecule has 1 aromatic carbocycles. The van der Waals surface area contributed by atoms with E-state index >= 15 is 0 Å². The summed E-state index contributed by atoms with van der Waals surface area (Å²) in [5.41, 5.74) is 4.31. The summed E-state index contributed by atoms with van der Waals surface area (Å²) in [7, 11) is 0. The van der Waals surface area contributed by atoms with Gasteiger partial charge in [0.1, 0.15) is 0 Å². The first-order valence-electron chi connectivity index (χ1n) is 6.12. The molecule has 0 amide bonds. The maximum absolute atomic E-state index is 5.93. The molecule has 2 aromatic heterocycles. The SMILES string of the molecule is Cc1ccc(C)c(Nc2nc(Cl)nc3nccnc23)c1. The van der Waals surface area contributed by atoms with Gasteiger partial charge in [-0.15, -0.1) is 0 Å². The van der Waals surface area contributed by atoms with Crippen LogP contribution < -0.4 is 5.32 Å². The van der Waals surface area contributed by atoms with Crippen molar-refractivity contribution < 1.29 is 0 Å². The van der Waals surface area contributed by atoms with Crippen molar-refractivity contribution in [1.29, 1.82) is 0 Å². The maximum Gasteiger partial charge on any atom is 0.226 e. The third-order valence-corrected chi connectivity index (χ3v) is 3.12. The van der Waals surface area contributed by atoms with E-state index in [4.69, 9.17) is 11.6 Å². The lowest BCUT2D eigenvalue weighted by atomic mass is 10.1. The van der Waals surface area contributed by atoms with Crippen molar-refractivity contribution in [3.8, 4) is 0 Å². The van der Waals surface area contributed by atoms with Crippen LogP contribution in [0.15, 0.2) is 30.6 Å². The average Bonchev–Trinajstić information content (AvgIpc) is 2.43. The zero-order chi connectivity index (χ0) is 14.1. The molecule has 0 saturated heterocycles. The monoisotopic (exact) mass is 285 g/mol. The molecule has 0 unspecified atom stereocenters. The minimum absolute atomic E-state index is 0.144. The van der Waals surface area contributed by atoms with Gasteiger partial charge >= 0.3 is 0 Å². The third kappa shape index (κ3) is 2.40. The van der Waals surface area contributed by atoms with Crippen LogP contribution in [0.1, 0.15) is 11.1 Å². The van der Waals surface area contributed by atoms with Crippen LogP contribution in [0.5, 0.6) is 0 Å². The molecule has 0 aliphatic rings. The number of halogens is 1. The van der Waals surface area contributed by atoms with Gasteiger partial charge in [0.25, 0.3) is 0 Å². The van der Waals surface area contributed by atoms with Gasteiger partial charge in [-0.25, -0.2) is 9.97 Å². The molecule has 20 heavy (non-hydrogen) atoms. The van der Waals surface area contributed by atoms with Crippen LogP contribution in [0.3, 0.4) is 0 Å². The fraction of sp³-hybridized carbons (Fsp3) is 0.143. The number of aromatic nitrogens is 4. The van der Waals surface area contributed by atoms with E-state index in [9.17, 15) is 0 Å². The van der Waals surface area contributed by atoms with Crippen molar-refractivity contribution >= 4 is 34.3 Å². The predicted molar refractivity (Wildman–Crippen MR) is 79.3 cm³/mol. The van der Waals surface area contributed by atoms with E-state index in [-0.39, 0.29) is 5.28 Å². The first kappa shape index (κ1) is 12.7. The topological polar surface area (TPSA) is 63.6 Å². The number of nitrogens with zero attached hydrogens (tertiary/aromatic N) is 4. The molecule has 0 aliphatic carbocycles. The number of hydrogen-bond donors (Lipinski definition) is 1. The van der Waals surface area contributed by atoms with Gasteiger partial charge in [0, 0.05) is 18.1 Å². The zero-order valence-corrected chi connectivity index (χ0v) is 11.8. The number of fused-ring (bicyclic) bond motifs is 1. The van der Waals surface area contributed by atoms with Crippen LogP contribution in [-0.4, -0.2) is 19.9 Å². The van der Waals surface area contributed by atoms with Crippen LogP contribution in [0.4, 0.5) is 11.5 Å². The number of hydrogen-bond acceptors (Lipinski definition) is 5. The number of nitrogens with one attached hydrogen (secondary N) is 1. The standard InChI is InChI=1S/C14H12ClN5/c1-8-3-4-9(2)10(7-8)18-13-11-12(17-6-5-16-11)19-14(15)20-13/h3-7H,1-2H3,(H,17,18,19,20). The van der Waals surface area contributed by atoms with E-state index in [1.165, 1.54) is 0 Å². The van der Waals surface area contributed by atoms with Crippen LogP contribution >= 0.6 is 11.6 Å². The summed E-state index contributed by atoms with van der Waals surface area (Å²) in [6.07, 6.45) is 3.18. The summed E-state index contributed by atoms with van der Waals surface area (Å²) in [4.78, 5) is 16.7. The first-order valence-corrected chi connectivity index (χ1v) is 6.50. The number of aryl methyl sites for hydroxylation is 2. The fourth-order valence-corrected chi connectivity index (χ4v) is 2.09. The molecule has 5 nitrogen and oxygen atoms in total. The van der Waals surface area contributed by atoms with Gasteiger partial charge in [-0.3, -0.25) is 0 Å². The van der Waals surface area contributed by atoms with Crippen molar-refractivity contribution in [3.63, 3.8) is 0 Å². The molecule has 100 valence electrons. The quantitative estimate of drug-likeness (QED) is 0.731. The Hall–Kier alpha value is -2.27. The lowest BCUT2D eigenvalue weighted by molar-refractivity contribution is 1.14. The zero-order valence-electron chi connectivity index (χ0n) is 11.1. The van der Waals surface area contributed by atoms with Crippen molar-refractivity contribution in [2.24, 2.45) is 0 Å². The molecular weight excluding hydrogens is 274 g/mol. The molecule has 0 spiro atoms. The maximum atomic E-state index is 5.93. The smallest absolute Gasteiger partial charge is 0.226 e. The van der Waals surface area contributed by atoms with Gasteiger partial charge < -0.3 is 5.32 Å². The highest BCUT2D eigenvalue weighted by molar-refractivity contribution is 6.28. The second kappa shape index (κ2) is 5.02. The Morgan fingerprint density at radius 1 is 1.05 bits per heavy atom. The van der Waals surface area contributed by atoms with E-state index in [0.717, 1.165) is 16.8 Å². The van der Waals surface area contributed by atoms with Gasteiger partial charge in [0.2, 0.25) is 5.28 Å². The second-order valence-electron chi connectivity index (χ2n) is 4.51. The van der Waals surface area contributed by atoms with Gasteiger partial charge in [-0.05, 0) is 42.6 Å². The van der Waals surface area contributed by atoms with E-state index in [0.29, 0.717) is 17.0 Å². The molecule has 6 heteroatoms. The fourth-order valence-electron chi connectivity index (χ4n) is 1.92. The minimum Gasteiger partial charge on any atom is -0.338 e. The molecule has 0 bridgehead atoms. The van der Waals surface area contributed by atoms with Crippen LogP contribution in [0.25, 0.3) is 11.2 Å². The van der Waals surface area contributed by atoms with Gasteiger partial charge in [0.15, 0.2) is 17.0 Å². The Labute approximate surface area is 121 Å². The summed E-state index contributed by atoms with van der Waals surface area (Å²) >= 11 is 5.93. The van der Waals surface area contributed by atoms with Crippen molar-refractivity contribution in [2.45, 2.75) is 13.8 Å². The van der Waals surface area contributed by atoms with E-state index < -0.39 is 0 Å². The molecule has 0 fully saturated rings. The molecule has 0 aliphatic heterocycles. The Kier molecular flexibility index (Phi) is 3.20. The Morgan fingerprint density at radius 2 is 1.85 bits per heavy atom.